The molecule has 0 saturated heterocycles. The van der Waals surface area contributed by atoms with E-state index in [1.165, 1.54) is 0 Å². The van der Waals surface area contributed by atoms with E-state index >= 15 is 0 Å². The molecule has 0 atom stereocenters. The van der Waals surface area contributed by atoms with Crippen LogP contribution in [0.25, 0.3) is 0 Å². The highest BCUT2D eigenvalue weighted by atomic mass is 16.2. The van der Waals surface area contributed by atoms with Gasteiger partial charge in [-0.3, -0.25) is 9.59 Å². The lowest BCUT2D eigenvalue weighted by Crippen LogP contribution is -2.33. The maximum absolute atomic E-state index is 12.9. The van der Waals surface area contributed by atoms with E-state index in [2.05, 4.69) is 5.32 Å². The van der Waals surface area contributed by atoms with E-state index in [9.17, 15) is 9.59 Å². The number of rotatable bonds is 8. The van der Waals surface area contributed by atoms with E-state index in [4.69, 9.17) is 0 Å². The summed E-state index contributed by atoms with van der Waals surface area (Å²) in [5.74, 6) is -0.165. The molecule has 30 heavy (non-hydrogen) atoms. The van der Waals surface area contributed by atoms with Crippen molar-refractivity contribution in [2.75, 3.05) is 34.8 Å². The van der Waals surface area contributed by atoms with Crippen LogP contribution in [0.3, 0.4) is 0 Å². The van der Waals surface area contributed by atoms with Crippen molar-refractivity contribution in [1.82, 2.24) is 0 Å². The summed E-state index contributed by atoms with van der Waals surface area (Å²) in [7, 11) is 0. The first kappa shape index (κ1) is 21.1. The maximum Gasteiger partial charge on any atom is 0.258 e. The third-order valence-corrected chi connectivity index (χ3v) is 4.88. The minimum Gasteiger partial charge on any atom is -0.362 e. The van der Waals surface area contributed by atoms with Crippen molar-refractivity contribution in [1.29, 1.82) is 0 Å². The zero-order chi connectivity index (χ0) is 21.3. The number of para-hydroxylation sites is 2. The second-order valence-electron chi connectivity index (χ2n) is 6.86. The highest BCUT2D eigenvalue weighted by molar-refractivity contribution is 6.06. The topological polar surface area (TPSA) is 52.7 Å². The minimum absolute atomic E-state index is 0.0668. The largest absolute Gasteiger partial charge is 0.362 e. The van der Waals surface area contributed by atoms with Gasteiger partial charge in [-0.15, -0.1) is 0 Å². The highest BCUT2D eigenvalue weighted by Gasteiger charge is 2.16. The Morgan fingerprint density at radius 3 is 1.83 bits per heavy atom. The fourth-order valence-electron chi connectivity index (χ4n) is 3.30. The zero-order valence-electron chi connectivity index (χ0n) is 17.4. The summed E-state index contributed by atoms with van der Waals surface area (Å²) in [4.78, 5) is 29.1. The summed E-state index contributed by atoms with van der Waals surface area (Å²) in [6.07, 6.45) is 0. The van der Waals surface area contributed by atoms with Gasteiger partial charge in [0.2, 0.25) is 5.91 Å². The summed E-state index contributed by atoms with van der Waals surface area (Å²) in [5, 5.41) is 2.91. The van der Waals surface area contributed by atoms with E-state index in [-0.39, 0.29) is 18.4 Å². The Bertz CT molecular complexity index is 957. The molecule has 3 aromatic carbocycles. The summed E-state index contributed by atoms with van der Waals surface area (Å²) in [5.41, 5.74) is 3.13. The lowest BCUT2D eigenvalue weighted by molar-refractivity contribution is -0.115. The summed E-state index contributed by atoms with van der Waals surface area (Å²) < 4.78 is 0. The molecule has 2 amide bonds. The van der Waals surface area contributed by atoms with Gasteiger partial charge in [0.05, 0.1) is 6.54 Å². The number of carbonyl (C=O) groups is 2. The number of hydrogen-bond acceptors (Lipinski definition) is 3. The summed E-state index contributed by atoms with van der Waals surface area (Å²) in [6, 6.07) is 26.5. The van der Waals surface area contributed by atoms with Gasteiger partial charge in [-0.25, -0.2) is 0 Å². The van der Waals surface area contributed by atoms with Crippen LogP contribution >= 0.6 is 0 Å². The second kappa shape index (κ2) is 10.3. The first-order valence-corrected chi connectivity index (χ1v) is 10.2. The molecule has 0 aliphatic heterocycles. The number of likely N-dealkylation sites (N-methyl/N-ethyl adjacent to an activating group) is 1. The number of nitrogens with one attached hydrogen (secondary N) is 1. The Morgan fingerprint density at radius 1 is 0.733 bits per heavy atom. The van der Waals surface area contributed by atoms with E-state index in [1.807, 2.05) is 79.4 Å². The van der Waals surface area contributed by atoms with Crippen molar-refractivity contribution in [3.8, 4) is 0 Å². The van der Waals surface area contributed by atoms with Crippen LogP contribution in [-0.4, -0.2) is 31.4 Å². The molecule has 3 aromatic rings. The van der Waals surface area contributed by atoms with Crippen molar-refractivity contribution < 1.29 is 9.59 Å². The van der Waals surface area contributed by atoms with Gasteiger partial charge in [0.15, 0.2) is 0 Å². The third kappa shape index (κ3) is 5.26. The fourth-order valence-corrected chi connectivity index (χ4v) is 3.30. The van der Waals surface area contributed by atoms with Crippen molar-refractivity contribution in [2.45, 2.75) is 13.8 Å². The molecule has 0 bridgehead atoms. The minimum atomic E-state index is -0.0979. The second-order valence-corrected chi connectivity index (χ2v) is 6.86. The Hall–Kier alpha value is -3.60. The van der Waals surface area contributed by atoms with Gasteiger partial charge in [-0.1, -0.05) is 36.4 Å². The molecule has 0 fully saturated rings. The van der Waals surface area contributed by atoms with Gasteiger partial charge in [-0.2, -0.15) is 0 Å². The number of anilines is 3. The molecule has 0 spiro atoms. The average molecular weight is 402 g/mol. The molecule has 0 radical (unpaired) electrons. The molecule has 0 unspecified atom stereocenters. The number of carbonyl (C=O) groups excluding carboxylic acids is 2. The average Bonchev–Trinajstić information content (AvgIpc) is 2.79. The van der Waals surface area contributed by atoms with Crippen LogP contribution in [0.2, 0.25) is 0 Å². The fraction of sp³-hybridized carbons (Fsp3) is 0.200. The molecule has 0 aromatic heterocycles. The van der Waals surface area contributed by atoms with Gasteiger partial charge < -0.3 is 15.1 Å². The number of nitrogens with zero attached hydrogens (tertiary/aromatic N) is 2. The summed E-state index contributed by atoms with van der Waals surface area (Å²) in [6.45, 7) is 5.54. The quantitative estimate of drug-likeness (QED) is 0.589. The molecule has 154 valence electrons. The molecule has 0 aliphatic carbocycles. The van der Waals surface area contributed by atoms with Gasteiger partial charge in [0.25, 0.3) is 5.91 Å². The Balaban J connectivity index is 1.64. The van der Waals surface area contributed by atoms with Crippen LogP contribution in [-0.2, 0) is 4.79 Å². The summed E-state index contributed by atoms with van der Waals surface area (Å²) >= 11 is 0. The molecule has 5 nitrogen and oxygen atoms in total. The first-order valence-electron chi connectivity index (χ1n) is 10.2. The van der Waals surface area contributed by atoms with E-state index in [0.717, 1.165) is 17.9 Å². The standard InChI is InChI=1S/C25H27N3O2/c1-3-27(22-11-7-5-8-12-22)19-24(29)26-21-17-15-20(16-18-21)25(30)28(4-2)23-13-9-6-10-14-23/h5-18H,3-4,19H2,1-2H3,(H,26,29). The molecule has 1 N–H and O–H groups in total. The van der Waals surface area contributed by atoms with Crippen LogP contribution in [0.4, 0.5) is 17.1 Å². The maximum atomic E-state index is 12.9. The van der Waals surface area contributed by atoms with Crippen molar-refractivity contribution in [2.24, 2.45) is 0 Å². The molecule has 0 saturated carbocycles. The lowest BCUT2D eigenvalue weighted by atomic mass is 10.1. The van der Waals surface area contributed by atoms with Crippen LogP contribution in [0.15, 0.2) is 84.9 Å². The SMILES string of the molecule is CCN(CC(=O)Nc1ccc(C(=O)N(CC)c2ccccc2)cc1)c1ccccc1. The first-order chi connectivity index (χ1) is 14.6. The van der Waals surface area contributed by atoms with Gasteiger partial charge >= 0.3 is 0 Å². The molecule has 5 heteroatoms. The Morgan fingerprint density at radius 2 is 1.30 bits per heavy atom. The zero-order valence-corrected chi connectivity index (χ0v) is 17.4. The smallest absolute Gasteiger partial charge is 0.258 e. The molecular weight excluding hydrogens is 374 g/mol. The normalized spacial score (nSPS) is 10.3. The van der Waals surface area contributed by atoms with Crippen molar-refractivity contribution in [3.63, 3.8) is 0 Å². The van der Waals surface area contributed by atoms with Crippen LogP contribution in [0.5, 0.6) is 0 Å². The number of amides is 2. The van der Waals surface area contributed by atoms with Crippen LogP contribution < -0.4 is 15.1 Å². The van der Waals surface area contributed by atoms with Gasteiger partial charge in [0.1, 0.15) is 0 Å². The molecule has 3 rings (SSSR count). The number of hydrogen-bond donors (Lipinski definition) is 1. The lowest BCUT2D eigenvalue weighted by Gasteiger charge is -2.22. The van der Waals surface area contributed by atoms with E-state index in [1.54, 1.807) is 29.2 Å². The van der Waals surface area contributed by atoms with Gasteiger partial charge in [0, 0.05) is 35.7 Å². The molecular formula is C25H27N3O2. The molecule has 0 heterocycles. The van der Waals surface area contributed by atoms with Crippen LogP contribution in [0.1, 0.15) is 24.2 Å². The Kier molecular flexibility index (Phi) is 7.22. The third-order valence-electron chi connectivity index (χ3n) is 4.88. The van der Waals surface area contributed by atoms with E-state index in [0.29, 0.717) is 17.8 Å². The Labute approximate surface area is 177 Å². The molecule has 0 aliphatic rings. The van der Waals surface area contributed by atoms with Crippen LogP contribution in [0, 0.1) is 0 Å². The highest BCUT2D eigenvalue weighted by Crippen LogP contribution is 2.18. The number of benzene rings is 3. The predicted molar refractivity (Wildman–Crippen MR) is 123 cm³/mol. The monoisotopic (exact) mass is 401 g/mol. The predicted octanol–water partition coefficient (Wildman–Crippen LogP) is 4.82. The van der Waals surface area contributed by atoms with Crippen molar-refractivity contribution in [3.05, 3.63) is 90.5 Å². The van der Waals surface area contributed by atoms with E-state index < -0.39 is 0 Å². The van der Waals surface area contributed by atoms with Crippen molar-refractivity contribution >= 4 is 28.9 Å². The van der Waals surface area contributed by atoms with Gasteiger partial charge in [-0.05, 0) is 62.4 Å².